The maximum atomic E-state index is 5.20. The third-order valence-electron chi connectivity index (χ3n) is 4.33. The highest BCUT2D eigenvalue weighted by Crippen LogP contribution is 2.17. The summed E-state index contributed by atoms with van der Waals surface area (Å²) in [6, 6.07) is 14.5. The highest BCUT2D eigenvalue weighted by atomic mass is 32.1. The molecule has 0 saturated carbocycles. The molecule has 7 heteroatoms. The SMILES string of the molecule is CN=C(NCc1ccn(-c2ccc(OC)cc2)n1)NC(C)Cc1ccc(C)s1. The van der Waals surface area contributed by atoms with Crippen LogP contribution in [0.4, 0.5) is 0 Å². The second-order valence-electron chi connectivity index (χ2n) is 6.64. The van der Waals surface area contributed by atoms with Crippen molar-refractivity contribution in [3.63, 3.8) is 0 Å². The topological polar surface area (TPSA) is 63.5 Å². The van der Waals surface area contributed by atoms with E-state index < -0.39 is 0 Å². The molecule has 6 nitrogen and oxygen atoms in total. The minimum absolute atomic E-state index is 0.293. The zero-order valence-corrected chi connectivity index (χ0v) is 17.6. The molecule has 0 bridgehead atoms. The zero-order valence-electron chi connectivity index (χ0n) is 16.8. The molecule has 0 fully saturated rings. The highest BCUT2D eigenvalue weighted by molar-refractivity contribution is 7.11. The van der Waals surface area contributed by atoms with Gasteiger partial charge in [0.15, 0.2) is 5.96 Å². The van der Waals surface area contributed by atoms with E-state index >= 15 is 0 Å². The Bertz CT molecular complexity index is 913. The Morgan fingerprint density at radius 1 is 1.21 bits per heavy atom. The summed E-state index contributed by atoms with van der Waals surface area (Å²) < 4.78 is 7.05. The lowest BCUT2D eigenvalue weighted by Gasteiger charge is -2.17. The van der Waals surface area contributed by atoms with Gasteiger partial charge in [-0.1, -0.05) is 0 Å². The molecule has 0 aliphatic heterocycles. The molecule has 28 heavy (non-hydrogen) atoms. The second-order valence-corrected chi connectivity index (χ2v) is 8.01. The first-order valence-corrected chi connectivity index (χ1v) is 10.1. The lowest BCUT2D eigenvalue weighted by Crippen LogP contribution is -2.42. The molecule has 1 unspecified atom stereocenters. The van der Waals surface area contributed by atoms with Gasteiger partial charge in [0.05, 0.1) is 25.0 Å². The van der Waals surface area contributed by atoms with Gasteiger partial charge in [0.1, 0.15) is 5.75 Å². The Labute approximate surface area is 170 Å². The van der Waals surface area contributed by atoms with E-state index in [1.165, 1.54) is 9.75 Å². The summed E-state index contributed by atoms with van der Waals surface area (Å²) in [5.74, 6) is 1.61. The minimum Gasteiger partial charge on any atom is -0.497 e. The van der Waals surface area contributed by atoms with E-state index in [2.05, 4.69) is 46.7 Å². The van der Waals surface area contributed by atoms with Crippen molar-refractivity contribution in [3.05, 3.63) is 64.1 Å². The molecule has 0 amide bonds. The van der Waals surface area contributed by atoms with Crippen LogP contribution in [0.3, 0.4) is 0 Å². The fourth-order valence-corrected chi connectivity index (χ4v) is 3.90. The van der Waals surface area contributed by atoms with E-state index in [0.717, 1.165) is 29.5 Å². The maximum Gasteiger partial charge on any atom is 0.191 e. The average molecular weight is 398 g/mol. The van der Waals surface area contributed by atoms with Crippen molar-refractivity contribution in [1.82, 2.24) is 20.4 Å². The molecule has 0 radical (unpaired) electrons. The number of guanidine groups is 1. The van der Waals surface area contributed by atoms with E-state index in [-0.39, 0.29) is 0 Å². The first kappa shape index (κ1) is 19.9. The van der Waals surface area contributed by atoms with Gasteiger partial charge in [0, 0.05) is 35.5 Å². The van der Waals surface area contributed by atoms with E-state index in [4.69, 9.17) is 4.74 Å². The first-order chi connectivity index (χ1) is 13.6. The van der Waals surface area contributed by atoms with Crippen LogP contribution in [-0.4, -0.2) is 35.9 Å². The van der Waals surface area contributed by atoms with Gasteiger partial charge in [-0.3, -0.25) is 4.99 Å². The summed E-state index contributed by atoms with van der Waals surface area (Å²) in [6.45, 7) is 4.91. The van der Waals surface area contributed by atoms with Gasteiger partial charge in [-0.25, -0.2) is 4.68 Å². The van der Waals surface area contributed by atoms with Crippen LogP contribution in [0.5, 0.6) is 5.75 Å². The number of ether oxygens (including phenoxy) is 1. The molecule has 0 aliphatic rings. The van der Waals surface area contributed by atoms with Crippen molar-refractivity contribution in [2.75, 3.05) is 14.2 Å². The number of hydrogen-bond donors (Lipinski definition) is 2. The van der Waals surface area contributed by atoms with Crippen LogP contribution in [0.25, 0.3) is 5.69 Å². The van der Waals surface area contributed by atoms with E-state index in [1.54, 1.807) is 14.2 Å². The van der Waals surface area contributed by atoms with Crippen molar-refractivity contribution in [1.29, 1.82) is 0 Å². The van der Waals surface area contributed by atoms with Gasteiger partial charge < -0.3 is 15.4 Å². The number of benzene rings is 1. The number of hydrogen-bond acceptors (Lipinski definition) is 4. The lowest BCUT2D eigenvalue weighted by atomic mass is 10.2. The monoisotopic (exact) mass is 397 g/mol. The van der Waals surface area contributed by atoms with Gasteiger partial charge in [0.2, 0.25) is 0 Å². The Balaban J connectivity index is 1.52. The molecule has 1 aromatic carbocycles. The number of aliphatic imine (C=N–C) groups is 1. The average Bonchev–Trinajstić information content (AvgIpc) is 3.34. The summed E-state index contributed by atoms with van der Waals surface area (Å²) in [4.78, 5) is 7.05. The Hall–Kier alpha value is -2.80. The minimum atomic E-state index is 0.293. The van der Waals surface area contributed by atoms with Crippen molar-refractivity contribution in [2.24, 2.45) is 4.99 Å². The Kier molecular flexibility index (Phi) is 6.71. The van der Waals surface area contributed by atoms with Gasteiger partial charge in [0.25, 0.3) is 0 Å². The van der Waals surface area contributed by atoms with Crippen molar-refractivity contribution >= 4 is 17.3 Å². The highest BCUT2D eigenvalue weighted by Gasteiger charge is 2.09. The van der Waals surface area contributed by atoms with Crippen LogP contribution >= 0.6 is 11.3 Å². The Morgan fingerprint density at radius 2 is 2.00 bits per heavy atom. The van der Waals surface area contributed by atoms with Gasteiger partial charge in [-0.05, 0) is 56.3 Å². The van der Waals surface area contributed by atoms with Gasteiger partial charge in [-0.2, -0.15) is 5.10 Å². The number of rotatable bonds is 7. The van der Waals surface area contributed by atoms with Crippen molar-refractivity contribution in [3.8, 4) is 11.4 Å². The van der Waals surface area contributed by atoms with Crippen LogP contribution < -0.4 is 15.4 Å². The summed E-state index contributed by atoms with van der Waals surface area (Å²) in [7, 11) is 3.45. The molecule has 148 valence electrons. The molecular weight excluding hydrogens is 370 g/mol. The molecule has 3 rings (SSSR count). The van der Waals surface area contributed by atoms with Crippen LogP contribution in [0, 0.1) is 6.92 Å². The third kappa shape index (κ3) is 5.36. The van der Waals surface area contributed by atoms with Crippen LogP contribution in [0.2, 0.25) is 0 Å². The lowest BCUT2D eigenvalue weighted by molar-refractivity contribution is 0.414. The van der Waals surface area contributed by atoms with E-state index in [1.807, 2.05) is 52.5 Å². The molecule has 0 spiro atoms. The van der Waals surface area contributed by atoms with Gasteiger partial charge >= 0.3 is 0 Å². The van der Waals surface area contributed by atoms with Crippen LogP contribution in [-0.2, 0) is 13.0 Å². The standard InChI is InChI=1S/C21H27N5OS/c1-15(13-20-10-5-16(2)28-20)24-21(22-3)23-14-17-11-12-26(25-17)18-6-8-19(27-4)9-7-18/h5-12,15H,13-14H2,1-4H3,(H2,22,23,24). The molecule has 3 aromatic rings. The Morgan fingerprint density at radius 3 is 2.64 bits per heavy atom. The number of aromatic nitrogens is 2. The molecule has 0 aliphatic carbocycles. The normalized spacial score (nSPS) is 12.6. The molecule has 2 aromatic heterocycles. The molecule has 2 N–H and O–H groups in total. The number of thiophene rings is 1. The van der Waals surface area contributed by atoms with E-state index in [0.29, 0.717) is 12.6 Å². The van der Waals surface area contributed by atoms with Gasteiger partial charge in [-0.15, -0.1) is 11.3 Å². The molecule has 2 heterocycles. The number of methoxy groups -OCH3 is 1. The second kappa shape index (κ2) is 9.41. The third-order valence-corrected chi connectivity index (χ3v) is 5.35. The smallest absolute Gasteiger partial charge is 0.191 e. The molecule has 1 atom stereocenters. The summed E-state index contributed by atoms with van der Waals surface area (Å²) >= 11 is 1.84. The van der Waals surface area contributed by atoms with Crippen LogP contribution in [0.15, 0.2) is 53.7 Å². The summed E-state index contributed by atoms with van der Waals surface area (Å²) in [5.41, 5.74) is 1.94. The fraction of sp³-hybridized carbons (Fsp3) is 0.333. The van der Waals surface area contributed by atoms with Crippen molar-refractivity contribution in [2.45, 2.75) is 32.9 Å². The van der Waals surface area contributed by atoms with Crippen molar-refractivity contribution < 1.29 is 4.74 Å². The molecular formula is C21H27N5OS. The first-order valence-electron chi connectivity index (χ1n) is 9.29. The largest absolute Gasteiger partial charge is 0.497 e. The molecule has 0 saturated heterocycles. The predicted octanol–water partition coefficient (Wildman–Crippen LogP) is 3.55. The maximum absolute atomic E-state index is 5.20. The number of nitrogens with one attached hydrogen (secondary N) is 2. The fourth-order valence-electron chi connectivity index (χ4n) is 2.88. The quantitative estimate of drug-likeness (QED) is 0.473. The predicted molar refractivity (Wildman–Crippen MR) is 116 cm³/mol. The van der Waals surface area contributed by atoms with Crippen LogP contribution in [0.1, 0.15) is 22.4 Å². The number of aryl methyl sites for hydroxylation is 1. The number of nitrogens with zero attached hydrogens (tertiary/aromatic N) is 3. The summed E-state index contributed by atoms with van der Waals surface area (Å²) in [6.07, 6.45) is 2.93. The van der Waals surface area contributed by atoms with E-state index in [9.17, 15) is 0 Å². The zero-order chi connectivity index (χ0) is 19.9. The summed E-state index contributed by atoms with van der Waals surface area (Å²) in [5, 5.41) is 11.4.